The number of aromatic nitrogens is 5. The Morgan fingerprint density at radius 2 is 1.96 bits per heavy atom. The summed E-state index contributed by atoms with van der Waals surface area (Å²) >= 11 is 0. The largest absolute Gasteiger partial charge is 0.369 e. The van der Waals surface area contributed by atoms with E-state index in [2.05, 4.69) is 21.0 Å². The summed E-state index contributed by atoms with van der Waals surface area (Å²) in [7, 11) is 1.23. The molecule has 6 heterocycles. The van der Waals surface area contributed by atoms with Gasteiger partial charge in [0.05, 0.1) is 56.5 Å². The third-order valence-electron chi connectivity index (χ3n) is 8.39. The van der Waals surface area contributed by atoms with Crippen molar-refractivity contribution in [3.05, 3.63) is 59.5 Å². The Morgan fingerprint density at radius 3 is 2.77 bits per heavy atom. The summed E-state index contributed by atoms with van der Waals surface area (Å²) in [6, 6.07) is 7.38. The number of pyridine rings is 1. The van der Waals surface area contributed by atoms with Crippen molar-refractivity contribution in [2.45, 2.75) is 63.1 Å². The first kappa shape index (κ1) is 34.1. The summed E-state index contributed by atoms with van der Waals surface area (Å²) < 4.78 is 35.5. The van der Waals surface area contributed by atoms with E-state index in [1.165, 1.54) is 10.5 Å². The van der Waals surface area contributed by atoms with Crippen LogP contribution in [-0.4, -0.2) is 96.9 Å². The van der Waals surface area contributed by atoms with Crippen molar-refractivity contribution in [2.75, 3.05) is 33.9 Å². The number of ether oxygens (including phenoxy) is 4. The molecule has 48 heavy (non-hydrogen) atoms. The predicted octanol–water partition coefficient (Wildman–Crippen LogP) is 3.24. The van der Waals surface area contributed by atoms with Crippen molar-refractivity contribution in [2.24, 2.45) is 10.9 Å². The van der Waals surface area contributed by atoms with Gasteiger partial charge in [-0.25, -0.2) is 15.0 Å². The van der Waals surface area contributed by atoms with Gasteiger partial charge in [0.2, 0.25) is 5.78 Å². The van der Waals surface area contributed by atoms with Crippen LogP contribution in [0.1, 0.15) is 44.6 Å². The van der Waals surface area contributed by atoms with Crippen molar-refractivity contribution in [1.29, 1.82) is 5.26 Å². The van der Waals surface area contributed by atoms with E-state index >= 15 is 0 Å². The standard InChI is InChI=1S/C31H39N8O8P/c1-36(2)20-35-24-6-10-33-30-23(24)7-12-38(30)28-16-21(25(47-28)19-45-48(41)42)17-29(43-15-3-9-32)44-18-22-4-5-27(46-22)39-13-8-26(40)37-14-11-34-31(37)39/h6-8,10-14,20-22,25,27-29,41-42H,3-5,15-19H2,1-2H3/b35-20-/t21-,22+,25-,27-,28-,29?/m1/s1. The van der Waals surface area contributed by atoms with Crippen LogP contribution in [0.3, 0.4) is 0 Å². The van der Waals surface area contributed by atoms with E-state index in [-0.39, 0.29) is 50.1 Å². The Kier molecular flexibility index (Phi) is 11.1. The fourth-order valence-electron chi connectivity index (χ4n) is 6.16. The predicted molar refractivity (Wildman–Crippen MR) is 174 cm³/mol. The highest BCUT2D eigenvalue weighted by atomic mass is 31.2. The molecule has 2 saturated heterocycles. The zero-order valence-electron chi connectivity index (χ0n) is 26.7. The third-order valence-corrected chi connectivity index (χ3v) is 8.77. The Morgan fingerprint density at radius 1 is 1.10 bits per heavy atom. The zero-order chi connectivity index (χ0) is 33.6. The molecule has 6 rings (SSSR count). The Hall–Kier alpha value is -3.78. The molecule has 0 saturated carbocycles. The summed E-state index contributed by atoms with van der Waals surface area (Å²) in [4.78, 5) is 46.5. The lowest BCUT2D eigenvalue weighted by Gasteiger charge is -2.25. The van der Waals surface area contributed by atoms with Gasteiger partial charge in [0, 0.05) is 63.0 Å². The minimum absolute atomic E-state index is 0.0369. The highest BCUT2D eigenvalue weighted by molar-refractivity contribution is 7.39. The topological polar surface area (TPSA) is 183 Å². The van der Waals surface area contributed by atoms with Gasteiger partial charge in [0.1, 0.15) is 18.1 Å². The highest BCUT2D eigenvalue weighted by Gasteiger charge is 2.39. The maximum Gasteiger partial charge on any atom is 0.327 e. The van der Waals surface area contributed by atoms with Gasteiger partial charge in [-0.3, -0.25) is 13.8 Å². The molecule has 2 aliphatic rings. The van der Waals surface area contributed by atoms with Crippen molar-refractivity contribution >= 4 is 37.4 Å². The second kappa shape index (κ2) is 15.6. The fraction of sp³-hybridized carbons (Fsp3) is 0.516. The van der Waals surface area contributed by atoms with Crippen LogP contribution in [0.5, 0.6) is 0 Å². The molecule has 0 amide bonds. The molecule has 0 aromatic carbocycles. The van der Waals surface area contributed by atoms with Crippen molar-refractivity contribution in [1.82, 2.24) is 28.4 Å². The molecule has 4 aromatic rings. The molecule has 17 heteroatoms. The van der Waals surface area contributed by atoms with Crippen LogP contribution in [0.15, 0.2) is 59.0 Å². The van der Waals surface area contributed by atoms with Gasteiger partial charge in [0.25, 0.3) is 5.56 Å². The number of hydrogen-bond donors (Lipinski definition) is 2. The number of nitrogens with zero attached hydrogens (tertiary/aromatic N) is 8. The van der Waals surface area contributed by atoms with Gasteiger partial charge in [-0.15, -0.1) is 0 Å². The molecule has 256 valence electrons. The van der Waals surface area contributed by atoms with E-state index in [1.807, 2.05) is 46.5 Å². The molecule has 2 fully saturated rings. The fourth-order valence-corrected chi connectivity index (χ4v) is 6.44. The van der Waals surface area contributed by atoms with Crippen molar-refractivity contribution in [3.8, 4) is 6.07 Å². The number of aliphatic imine (C=N–C) groups is 1. The second-order valence-electron chi connectivity index (χ2n) is 11.9. The van der Waals surface area contributed by atoms with Crippen LogP contribution in [-0.2, 0) is 23.5 Å². The van der Waals surface area contributed by atoms with E-state index in [1.54, 1.807) is 31.1 Å². The van der Waals surface area contributed by atoms with Gasteiger partial charge in [-0.2, -0.15) is 5.26 Å². The van der Waals surface area contributed by atoms with Crippen LogP contribution >= 0.6 is 8.60 Å². The molecule has 0 radical (unpaired) electrons. The number of rotatable bonds is 15. The van der Waals surface area contributed by atoms with Crippen LogP contribution in [0.4, 0.5) is 5.69 Å². The lowest BCUT2D eigenvalue weighted by molar-refractivity contribution is -0.174. The number of imidazole rings is 1. The average molecular weight is 683 g/mol. The normalized spacial score (nSPS) is 23.5. The molecule has 1 unspecified atom stereocenters. The third kappa shape index (κ3) is 7.91. The SMILES string of the molecule is CN(C)/C=N\c1ccnc2c1ccn2[C@H]1C[C@H](CC(OCCC#N)OC[C@@H]2CC[C@H](n3ccc(=O)n4ccnc34)O2)[C@@H](COP(O)O)O1. The molecule has 6 atom stereocenters. The first-order chi connectivity index (χ1) is 23.3. The Balaban J connectivity index is 1.14. The van der Waals surface area contributed by atoms with Crippen molar-refractivity contribution in [3.63, 3.8) is 0 Å². The van der Waals surface area contributed by atoms with Crippen LogP contribution in [0, 0.1) is 17.2 Å². The van der Waals surface area contributed by atoms with Gasteiger partial charge >= 0.3 is 8.60 Å². The number of fused-ring (bicyclic) bond motifs is 2. The molecule has 0 bridgehead atoms. The van der Waals surface area contributed by atoms with Crippen LogP contribution in [0.2, 0.25) is 0 Å². The quantitative estimate of drug-likeness (QED) is 0.0615. The maximum atomic E-state index is 12.2. The molecular weight excluding hydrogens is 643 g/mol. The van der Waals surface area contributed by atoms with Gasteiger partial charge in [-0.05, 0) is 37.3 Å². The summed E-state index contributed by atoms with van der Waals surface area (Å²) in [6.07, 6.45) is 10.7. The van der Waals surface area contributed by atoms with Crippen LogP contribution < -0.4 is 5.56 Å². The molecular formula is C31H39N8O8P. The molecule has 4 aromatic heterocycles. The Labute approximate surface area is 277 Å². The molecule has 2 N–H and O–H groups in total. The second-order valence-corrected chi connectivity index (χ2v) is 12.7. The maximum absolute atomic E-state index is 12.2. The van der Waals surface area contributed by atoms with Crippen LogP contribution in [0.25, 0.3) is 16.8 Å². The van der Waals surface area contributed by atoms with Gasteiger partial charge < -0.3 is 42.7 Å². The van der Waals surface area contributed by atoms with E-state index in [0.717, 1.165) is 17.5 Å². The molecule has 0 spiro atoms. The molecule has 0 aliphatic carbocycles. The lowest BCUT2D eigenvalue weighted by atomic mass is 9.97. The monoisotopic (exact) mass is 682 g/mol. The summed E-state index contributed by atoms with van der Waals surface area (Å²) in [5.41, 5.74) is 1.33. The zero-order valence-corrected chi connectivity index (χ0v) is 27.6. The van der Waals surface area contributed by atoms with E-state index < -0.39 is 27.2 Å². The minimum atomic E-state index is -2.58. The molecule has 16 nitrogen and oxygen atoms in total. The van der Waals surface area contributed by atoms with E-state index in [0.29, 0.717) is 30.7 Å². The lowest BCUT2D eigenvalue weighted by Crippen LogP contribution is -2.30. The smallest absolute Gasteiger partial charge is 0.327 e. The van der Waals surface area contributed by atoms with Gasteiger partial charge in [-0.1, -0.05) is 0 Å². The van der Waals surface area contributed by atoms with Gasteiger partial charge in [0.15, 0.2) is 6.29 Å². The number of nitriles is 1. The molecule has 2 aliphatic heterocycles. The van der Waals surface area contributed by atoms with E-state index in [9.17, 15) is 14.6 Å². The number of hydrogen-bond acceptors (Lipinski definition) is 12. The minimum Gasteiger partial charge on any atom is -0.369 e. The summed E-state index contributed by atoms with van der Waals surface area (Å²) in [5.74, 6) is 0.352. The highest BCUT2D eigenvalue weighted by Crippen LogP contribution is 2.41. The first-order valence-corrected chi connectivity index (χ1v) is 16.9. The Bertz CT molecular complexity index is 1800. The van der Waals surface area contributed by atoms with E-state index in [4.69, 9.17) is 28.7 Å². The summed E-state index contributed by atoms with van der Waals surface area (Å²) in [6.45, 7) is 0.395. The average Bonchev–Trinajstić information content (AvgIpc) is 3.88. The first-order valence-electron chi connectivity index (χ1n) is 15.7. The van der Waals surface area contributed by atoms with Crippen molar-refractivity contribution < 1.29 is 33.3 Å². The summed E-state index contributed by atoms with van der Waals surface area (Å²) in [5, 5.41) is 10.0.